The van der Waals surface area contributed by atoms with Gasteiger partial charge in [-0.1, -0.05) is 6.07 Å². The van der Waals surface area contributed by atoms with E-state index in [0.29, 0.717) is 30.7 Å². The molecular weight excluding hydrogens is 422 g/mol. The minimum Gasteiger partial charge on any atom is -0.381 e. The van der Waals surface area contributed by atoms with Gasteiger partial charge in [0.05, 0.1) is 0 Å². The second kappa shape index (κ2) is 8.30. The van der Waals surface area contributed by atoms with Crippen molar-refractivity contribution in [3.05, 3.63) is 35.1 Å². The third-order valence-electron chi connectivity index (χ3n) is 9.28. The third-order valence-corrected chi connectivity index (χ3v) is 9.28. The highest BCUT2D eigenvalue weighted by atomic mass is 19.1. The number of alkyl halides is 1. The molecule has 0 radical (unpaired) electrons. The lowest BCUT2D eigenvalue weighted by molar-refractivity contribution is -0.150. The Morgan fingerprint density at radius 2 is 1.64 bits per heavy atom. The minimum absolute atomic E-state index is 0.119. The topological polar surface area (TPSA) is 32.8 Å². The number of ether oxygens (including phenoxy) is 1. The van der Waals surface area contributed by atoms with Crippen molar-refractivity contribution >= 4 is 5.91 Å². The molecular formula is C27H36F2N2O2. The predicted octanol–water partition coefficient (Wildman–Crippen LogP) is 4.78. The Morgan fingerprint density at radius 1 is 0.939 bits per heavy atom. The summed E-state index contributed by atoms with van der Waals surface area (Å²) in [5.41, 5.74) is 1.28. The van der Waals surface area contributed by atoms with Gasteiger partial charge in [0.15, 0.2) is 5.67 Å². The molecule has 3 aliphatic heterocycles. The molecule has 1 aromatic rings. The number of carbonyl (C=O) groups is 1. The van der Waals surface area contributed by atoms with Crippen molar-refractivity contribution in [1.29, 1.82) is 0 Å². The Morgan fingerprint density at radius 3 is 2.33 bits per heavy atom. The van der Waals surface area contributed by atoms with Crippen LogP contribution in [0.3, 0.4) is 0 Å². The van der Waals surface area contributed by atoms with Gasteiger partial charge >= 0.3 is 0 Å². The first kappa shape index (κ1) is 22.0. The van der Waals surface area contributed by atoms with E-state index in [1.165, 1.54) is 17.5 Å². The molecule has 1 atom stereocenters. The maximum atomic E-state index is 14.2. The van der Waals surface area contributed by atoms with Crippen LogP contribution in [0.5, 0.6) is 0 Å². The largest absolute Gasteiger partial charge is 0.381 e. The number of benzene rings is 1. The van der Waals surface area contributed by atoms with Gasteiger partial charge in [-0.2, -0.15) is 0 Å². The van der Waals surface area contributed by atoms with Gasteiger partial charge in [-0.3, -0.25) is 4.79 Å². The van der Waals surface area contributed by atoms with Crippen molar-refractivity contribution in [2.45, 2.75) is 81.3 Å². The molecule has 5 aliphatic rings. The van der Waals surface area contributed by atoms with E-state index in [-0.39, 0.29) is 17.1 Å². The van der Waals surface area contributed by atoms with Crippen LogP contribution in [-0.4, -0.2) is 66.8 Å². The number of likely N-dealkylation sites (tertiary alicyclic amines) is 2. The van der Waals surface area contributed by atoms with E-state index in [0.717, 1.165) is 77.9 Å². The van der Waals surface area contributed by atoms with Crippen molar-refractivity contribution in [3.8, 4) is 0 Å². The number of carbonyl (C=O) groups excluding carboxylic acids is 1. The number of amides is 1. The number of rotatable bonds is 4. The summed E-state index contributed by atoms with van der Waals surface area (Å²) in [5.74, 6) is 0.547. The zero-order chi connectivity index (χ0) is 22.6. The molecule has 5 fully saturated rings. The molecule has 180 valence electrons. The Labute approximate surface area is 195 Å². The van der Waals surface area contributed by atoms with Gasteiger partial charge in [0, 0.05) is 37.8 Å². The van der Waals surface area contributed by atoms with E-state index in [1.807, 2.05) is 6.07 Å². The molecule has 0 bridgehead atoms. The average Bonchev–Trinajstić information content (AvgIpc) is 3.41. The van der Waals surface area contributed by atoms with E-state index in [4.69, 9.17) is 4.74 Å². The average molecular weight is 459 g/mol. The quantitative estimate of drug-likeness (QED) is 0.651. The Hall–Kier alpha value is -1.53. The summed E-state index contributed by atoms with van der Waals surface area (Å²) in [7, 11) is 0. The van der Waals surface area contributed by atoms with Gasteiger partial charge in [-0.15, -0.1) is 0 Å². The highest BCUT2D eigenvalue weighted by Crippen LogP contribution is 2.51. The van der Waals surface area contributed by atoms with Crippen molar-refractivity contribution < 1.29 is 18.3 Å². The maximum Gasteiger partial charge on any atom is 0.260 e. The summed E-state index contributed by atoms with van der Waals surface area (Å²) in [4.78, 5) is 16.7. The van der Waals surface area contributed by atoms with Crippen LogP contribution < -0.4 is 0 Å². The first-order valence-corrected chi connectivity index (χ1v) is 13.0. The number of hydrogen-bond acceptors (Lipinski definition) is 3. The zero-order valence-corrected chi connectivity index (χ0v) is 19.5. The lowest BCUT2D eigenvalue weighted by Crippen LogP contribution is -2.60. The summed E-state index contributed by atoms with van der Waals surface area (Å²) in [6.45, 7) is 5.23. The molecule has 3 heterocycles. The highest BCUT2D eigenvalue weighted by Gasteiger charge is 2.58. The first-order chi connectivity index (χ1) is 15.9. The molecule has 4 nitrogen and oxygen atoms in total. The number of piperidine rings is 1. The van der Waals surface area contributed by atoms with Crippen molar-refractivity contribution in [1.82, 2.24) is 9.80 Å². The SMILES string of the molecule is O=C(N1CC2(CC[C@H](N3CCC(c4cc(F)ccc4C4CCOCC4)CC3)C2)C1)C1(F)CC1. The molecule has 1 aromatic carbocycles. The summed E-state index contributed by atoms with van der Waals surface area (Å²) in [6.07, 6.45) is 8.52. The summed E-state index contributed by atoms with van der Waals surface area (Å²) in [6, 6.07) is 6.03. The molecule has 0 N–H and O–H groups in total. The fraction of sp³-hybridized carbons (Fsp3) is 0.741. The molecule has 0 aromatic heterocycles. The number of nitrogens with zero attached hydrogens (tertiary/aromatic N) is 2. The molecule has 2 saturated carbocycles. The van der Waals surface area contributed by atoms with Crippen LogP contribution in [0.25, 0.3) is 0 Å². The fourth-order valence-electron chi connectivity index (χ4n) is 7.14. The van der Waals surface area contributed by atoms with Gasteiger partial charge in [0.1, 0.15) is 5.82 Å². The molecule has 6 heteroatoms. The minimum atomic E-state index is -1.53. The van der Waals surface area contributed by atoms with Crippen LogP contribution in [0.4, 0.5) is 8.78 Å². The predicted molar refractivity (Wildman–Crippen MR) is 122 cm³/mol. The second-order valence-corrected chi connectivity index (χ2v) is 11.5. The molecule has 2 aliphatic carbocycles. The second-order valence-electron chi connectivity index (χ2n) is 11.5. The summed E-state index contributed by atoms with van der Waals surface area (Å²) in [5, 5.41) is 0. The highest BCUT2D eigenvalue weighted by molar-refractivity contribution is 5.88. The van der Waals surface area contributed by atoms with Gasteiger partial charge in [-0.05, 0) is 106 Å². The summed E-state index contributed by atoms with van der Waals surface area (Å²) >= 11 is 0. The van der Waals surface area contributed by atoms with Crippen LogP contribution in [0.15, 0.2) is 18.2 Å². The smallest absolute Gasteiger partial charge is 0.260 e. The Kier molecular flexibility index (Phi) is 5.52. The molecule has 3 saturated heterocycles. The monoisotopic (exact) mass is 458 g/mol. The van der Waals surface area contributed by atoms with Crippen LogP contribution in [0, 0.1) is 11.2 Å². The van der Waals surface area contributed by atoms with Crippen LogP contribution in [-0.2, 0) is 9.53 Å². The Bertz CT molecular complexity index is 897. The first-order valence-electron chi connectivity index (χ1n) is 13.0. The normalized spacial score (nSPS) is 29.9. The lowest BCUT2D eigenvalue weighted by Gasteiger charge is -2.49. The zero-order valence-electron chi connectivity index (χ0n) is 19.5. The van der Waals surface area contributed by atoms with E-state index in [9.17, 15) is 13.6 Å². The molecule has 6 rings (SSSR count). The van der Waals surface area contributed by atoms with Crippen molar-refractivity contribution in [2.75, 3.05) is 39.4 Å². The third kappa shape index (κ3) is 4.12. The van der Waals surface area contributed by atoms with Gasteiger partial charge < -0.3 is 14.5 Å². The number of hydrogen-bond donors (Lipinski definition) is 0. The van der Waals surface area contributed by atoms with Gasteiger partial charge in [-0.25, -0.2) is 8.78 Å². The van der Waals surface area contributed by atoms with Gasteiger partial charge in [0.25, 0.3) is 5.91 Å². The van der Waals surface area contributed by atoms with Gasteiger partial charge in [0.2, 0.25) is 0 Å². The van der Waals surface area contributed by atoms with Crippen molar-refractivity contribution in [2.24, 2.45) is 5.41 Å². The number of halogens is 2. The van der Waals surface area contributed by atoms with Crippen LogP contribution in [0.2, 0.25) is 0 Å². The summed E-state index contributed by atoms with van der Waals surface area (Å²) < 4.78 is 33.9. The van der Waals surface area contributed by atoms with E-state index < -0.39 is 5.67 Å². The standard InChI is InChI=1S/C27H36F2N2O2/c28-21-1-2-23(20-6-13-33-14-7-20)24(15-21)19-4-11-30(12-5-19)22-3-8-26(16-22)17-31(18-26)25(32)27(29)9-10-27/h1-2,15,19-20,22H,3-14,16-18H2/t22-/m0/s1. The van der Waals surface area contributed by atoms with Crippen LogP contribution >= 0.6 is 0 Å². The van der Waals surface area contributed by atoms with E-state index in [1.54, 1.807) is 17.0 Å². The Balaban J connectivity index is 1.05. The molecule has 0 unspecified atom stereocenters. The van der Waals surface area contributed by atoms with Crippen LogP contribution in [0.1, 0.15) is 80.8 Å². The molecule has 1 amide bonds. The van der Waals surface area contributed by atoms with E-state index >= 15 is 0 Å². The van der Waals surface area contributed by atoms with Crippen molar-refractivity contribution in [3.63, 3.8) is 0 Å². The fourth-order valence-corrected chi connectivity index (χ4v) is 7.14. The lowest BCUT2D eigenvalue weighted by atomic mass is 9.77. The van der Waals surface area contributed by atoms with E-state index in [2.05, 4.69) is 4.90 Å². The molecule has 33 heavy (non-hydrogen) atoms. The maximum absolute atomic E-state index is 14.2. The molecule has 1 spiro atoms.